The molecule has 0 radical (unpaired) electrons. The Morgan fingerprint density at radius 3 is 2.60 bits per heavy atom. The number of hydrogen-bond acceptors (Lipinski definition) is 2. The molecular formula is C8H18N2. The summed E-state index contributed by atoms with van der Waals surface area (Å²) in [4.78, 5) is 2.38. The summed E-state index contributed by atoms with van der Waals surface area (Å²) in [7, 11) is 0. The molecule has 1 aliphatic heterocycles. The zero-order valence-corrected chi connectivity index (χ0v) is 7.01. The zero-order chi connectivity index (χ0) is 7.56. The third kappa shape index (κ3) is 1.70. The first kappa shape index (κ1) is 8.02. The lowest BCUT2D eigenvalue weighted by Crippen LogP contribution is -2.47. The van der Waals surface area contributed by atoms with Crippen molar-refractivity contribution in [3.05, 3.63) is 0 Å². The second-order valence-electron chi connectivity index (χ2n) is 3.32. The number of piperidine rings is 1. The van der Waals surface area contributed by atoms with Crippen LogP contribution in [0.25, 0.3) is 0 Å². The maximum atomic E-state index is 5.78. The van der Waals surface area contributed by atoms with E-state index in [1.165, 1.54) is 25.8 Å². The molecule has 1 rings (SSSR count). The van der Waals surface area contributed by atoms with Crippen molar-refractivity contribution in [2.75, 3.05) is 6.54 Å². The first-order valence-corrected chi connectivity index (χ1v) is 4.23. The van der Waals surface area contributed by atoms with Crippen LogP contribution in [-0.2, 0) is 0 Å². The second kappa shape index (κ2) is 3.35. The van der Waals surface area contributed by atoms with Crippen LogP contribution in [0.3, 0.4) is 0 Å². The minimum atomic E-state index is 0.246. The highest BCUT2D eigenvalue weighted by Gasteiger charge is 2.19. The summed E-state index contributed by atoms with van der Waals surface area (Å²) in [6.07, 6.45) is 4.27. The van der Waals surface area contributed by atoms with E-state index >= 15 is 0 Å². The highest BCUT2D eigenvalue weighted by molar-refractivity contribution is 4.74. The van der Waals surface area contributed by atoms with E-state index in [1.807, 2.05) is 0 Å². The quantitative estimate of drug-likeness (QED) is 0.595. The van der Waals surface area contributed by atoms with Gasteiger partial charge in [0, 0.05) is 6.04 Å². The van der Waals surface area contributed by atoms with Gasteiger partial charge in [0.15, 0.2) is 0 Å². The molecule has 2 unspecified atom stereocenters. The van der Waals surface area contributed by atoms with Crippen molar-refractivity contribution < 1.29 is 0 Å². The van der Waals surface area contributed by atoms with Gasteiger partial charge >= 0.3 is 0 Å². The van der Waals surface area contributed by atoms with Crippen LogP contribution in [-0.4, -0.2) is 23.7 Å². The maximum absolute atomic E-state index is 5.78. The summed E-state index contributed by atoms with van der Waals surface area (Å²) in [5, 5.41) is 0. The monoisotopic (exact) mass is 142 g/mol. The van der Waals surface area contributed by atoms with Gasteiger partial charge in [0.1, 0.15) is 0 Å². The lowest BCUT2D eigenvalue weighted by molar-refractivity contribution is 0.117. The van der Waals surface area contributed by atoms with Gasteiger partial charge in [0.2, 0.25) is 0 Å². The van der Waals surface area contributed by atoms with E-state index in [-0.39, 0.29) is 6.17 Å². The fraction of sp³-hybridized carbons (Fsp3) is 1.00. The molecule has 0 spiro atoms. The van der Waals surface area contributed by atoms with E-state index in [0.717, 1.165) is 0 Å². The van der Waals surface area contributed by atoms with E-state index in [4.69, 9.17) is 5.73 Å². The van der Waals surface area contributed by atoms with Crippen LogP contribution in [0.1, 0.15) is 33.1 Å². The van der Waals surface area contributed by atoms with Crippen molar-refractivity contribution in [2.45, 2.75) is 45.3 Å². The van der Waals surface area contributed by atoms with Gasteiger partial charge in [0.05, 0.1) is 6.17 Å². The molecule has 2 atom stereocenters. The summed E-state index contributed by atoms with van der Waals surface area (Å²) >= 11 is 0. The van der Waals surface area contributed by atoms with Crippen LogP contribution < -0.4 is 5.73 Å². The third-order valence-corrected chi connectivity index (χ3v) is 2.38. The van der Waals surface area contributed by atoms with Gasteiger partial charge in [-0.25, -0.2) is 0 Å². The van der Waals surface area contributed by atoms with Gasteiger partial charge in [-0.2, -0.15) is 0 Å². The van der Waals surface area contributed by atoms with E-state index in [2.05, 4.69) is 18.7 Å². The van der Waals surface area contributed by atoms with Crippen LogP contribution in [0.2, 0.25) is 0 Å². The molecule has 0 bridgehead atoms. The summed E-state index contributed by atoms with van der Waals surface area (Å²) < 4.78 is 0. The lowest BCUT2D eigenvalue weighted by atomic mass is 10.0. The third-order valence-electron chi connectivity index (χ3n) is 2.38. The Balaban J connectivity index is 2.40. The minimum Gasteiger partial charge on any atom is -0.316 e. The second-order valence-corrected chi connectivity index (χ2v) is 3.32. The molecule has 1 saturated heterocycles. The van der Waals surface area contributed by atoms with Crippen molar-refractivity contribution in [2.24, 2.45) is 5.73 Å². The Labute approximate surface area is 63.4 Å². The van der Waals surface area contributed by atoms with Gasteiger partial charge in [0.25, 0.3) is 0 Å². The predicted molar refractivity (Wildman–Crippen MR) is 43.7 cm³/mol. The van der Waals surface area contributed by atoms with Gasteiger partial charge < -0.3 is 5.73 Å². The molecule has 1 aliphatic rings. The van der Waals surface area contributed by atoms with Crippen LogP contribution in [0.15, 0.2) is 0 Å². The number of likely N-dealkylation sites (tertiary alicyclic amines) is 1. The Hall–Kier alpha value is -0.0800. The first-order valence-electron chi connectivity index (χ1n) is 4.23. The Kier molecular flexibility index (Phi) is 2.69. The average molecular weight is 142 g/mol. The number of rotatable bonds is 1. The molecule has 0 amide bonds. The highest BCUT2D eigenvalue weighted by Crippen LogP contribution is 2.16. The average Bonchev–Trinajstić information content (AvgIpc) is 1.88. The smallest absolute Gasteiger partial charge is 0.0545 e. The van der Waals surface area contributed by atoms with Crippen molar-refractivity contribution in [1.29, 1.82) is 0 Å². The molecule has 1 heterocycles. The standard InChI is InChI=1S/C8H18N2/c1-7-5-3-4-6-10(7)8(2)9/h7-8H,3-6,9H2,1-2H3. The first-order chi connectivity index (χ1) is 4.72. The van der Waals surface area contributed by atoms with Crippen LogP contribution >= 0.6 is 0 Å². The van der Waals surface area contributed by atoms with E-state index in [9.17, 15) is 0 Å². The highest BCUT2D eigenvalue weighted by atomic mass is 15.2. The Bertz CT molecular complexity index is 101. The molecule has 60 valence electrons. The summed E-state index contributed by atoms with van der Waals surface area (Å²) in [6, 6.07) is 0.703. The van der Waals surface area contributed by atoms with Gasteiger partial charge in [-0.15, -0.1) is 0 Å². The number of nitrogens with two attached hydrogens (primary N) is 1. The van der Waals surface area contributed by atoms with E-state index < -0.39 is 0 Å². The molecule has 0 aromatic heterocycles. The van der Waals surface area contributed by atoms with Crippen molar-refractivity contribution in [3.63, 3.8) is 0 Å². The molecule has 2 nitrogen and oxygen atoms in total. The van der Waals surface area contributed by atoms with Crippen molar-refractivity contribution >= 4 is 0 Å². The van der Waals surface area contributed by atoms with Crippen LogP contribution in [0.5, 0.6) is 0 Å². The van der Waals surface area contributed by atoms with Crippen LogP contribution in [0.4, 0.5) is 0 Å². The van der Waals surface area contributed by atoms with Crippen molar-refractivity contribution in [3.8, 4) is 0 Å². The SMILES string of the molecule is CC(N)N1CCCCC1C. The fourth-order valence-corrected chi connectivity index (χ4v) is 1.73. The van der Waals surface area contributed by atoms with E-state index in [0.29, 0.717) is 6.04 Å². The molecule has 2 N–H and O–H groups in total. The normalized spacial score (nSPS) is 32.1. The molecule has 1 fully saturated rings. The molecule has 2 heteroatoms. The summed E-state index contributed by atoms with van der Waals surface area (Å²) in [5.74, 6) is 0. The molecule has 0 aromatic carbocycles. The molecule has 10 heavy (non-hydrogen) atoms. The lowest BCUT2D eigenvalue weighted by Gasteiger charge is -2.36. The van der Waals surface area contributed by atoms with Crippen molar-refractivity contribution in [1.82, 2.24) is 4.90 Å². The maximum Gasteiger partial charge on any atom is 0.0545 e. The number of hydrogen-bond donors (Lipinski definition) is 1. The molecule has 0 aliphatic carbocycles. The summed E-state index contributed by atoms with van der Waals surface area (Å²) in [6.45, 7) is 5.53. The Morgan fingerprint density at radius 1 is 1.50 bits per heavy atom. The van der Waals surface area contributed by atoms with Gasteiger partial charge in [-0.3, -0.25) is 4.90 Å². The Morgan fingerprint density at radius 2 is 2.20 bits per heavy atom. The fourth-order valence-electron chi connectivity index (χ4n) is 1.73. The summed E-state index contributed by atoms with van der Waals surface area (Å²) in [5.41, 5.74) is 5.78. The largest absolute Gasteiger partial charge is 0.316 e. The number of nitrogens with zero attached hydrogens (tertiary/aromatic N) is 1. The molecule has 0 aromatic rings. The van der Waals surface area contributed by atoms with Gasteiger partial charge in [-0.05, 0) is 33.2 Å². The predicted octanol–water partition coefficient (Wildman–Crippen LogP) is 1.17. The zero-order valence-electron chi connectivity index (χ0n) is 7.01. The molecule has 0 saturated carbocycles. The molecular weight excluding hydrogens is 124 g/mol. The minimum absolute atomic E-state index is 0.246. The van der Waals surface area contributed by atoms with Gasteiger partial charge in [-0.1, -0.05) is 6.42 Å². The van der Waals surface area contributed by atoms with Crippen LogP contribution in [0, 0.1) is 0 Å². The van der Waals surface area contributed by atoms with E-state index in [1.54, 1.807) is 0 Å². The topological polar surface area (TPSA) is 29.3 Å².